The topological polar surface area (TPSA) is 135 Å². The minimum atomic E-state index is -0.898. The number of nitriles is 1. The van der Waals surface area contributed by atoms with E-state index in [4.69, 9.17) is 10.7 Å². The molecule has 0 bridgehead atoms. The van der Waals surface area contributed by atoms with Gasteiger partial charge in [-0.25, -0.2) is 0 Å². The Balaban J connectivity index is 1.60. The molecule has 0 spiro atoms. The number of aliphatic imine (C=N–C) groups is 1. The number of nitrogens with one attached hydrogen (secondary N) is 1. The number of amides is 3. The molecule has 0 radical (unpaired) electrons. The lowest BCUT2D eigenvalue weighted by atomic mass is 9.67. The smallest absolute Gasteiger partial charge is 0.253 e. The number of benzene rings is 2. The highest BCUT2D eigenvalue weighted by Gasteiger charge is 2.54. The highest BCUT2D eigenvalue weighted by Crippen LogP contribution is 2.48. The Morgan fingerprint density at radius 2 is 1.52 bits per heavy atom. The van der Waals surface area contributed by atoms with Gasteiger partial charge in [0.05, 0.1) is 18.0 Å². The van der Waals surface area contributed by atoms with Crippen LogP contribution in [0.3, 0.4) is 0 Å². The lowest BCUT2D eigenvalue weighted by Gasteiger charge is -2.39. The van der Waals surface area contributed by atoms with Crippen molar-refractivity contribution in [3.05, 3.63) is 69.8 Å². The highest BCUT2D eigenvalue weighted by atomic mass is 16.2. The van der Waals surface area contributed by atoms with E-state index in [9.17, 15) is 19.6 Å². The molecule has 2 aliphatic carbocycles. The molecule has 1 aliphatic heterocycles. The fourth-order valence-corrected chi connectivity index (χ4v) is 7.43. The van der Waals surface area contributed by atoms with Gasteiger partial charge in [-0.05, 0) is 105 Å². The van der Waals surface area contributed by atoms with Crippen molar-refractivity contribution in [2.45, 2.75) is 82.5 Å². The first-order chi connectivity index (χ1) is 21.8. The van der Waals surface area contributed by atoms with E-state index in [0.717, 1.165) is 35.1 Å². The number of carbonyl (C=O) groups excluding carboxylic acids is 3. The Morgan fingerprint density at radius 1 is 0.978 bits per heavy atom. The van der Waals surface area contributed by atoms with Gasteiger partial charge >= 0.3 is 0 Å². The zero-order valence-corrected chi connectivity index (χ0v) is 28.1. The van der Waals surface area contributed by atoms with Crippen LogP contribution in [0.25, 0.3) is 0 Å². The van der Waals surface area contributed by atoms with E-state index in [0.29, 0.717) is 42.1 Å². The molecule has 4 atom stereocenters. The Kier molecular flexibility index (Phi) is 9.28. The number of aryl methyl sites for hydroxylation is 2. The number of hydrogen-bond acceptors (Lipinski definition) is 6. The summed E-state index contributed by atoms with van der Waals surface area (Å²) in [5.74, 6) is 0.689. The molecule has 1 saturated carbocycles. The van der Waals surface area contributed by atoms with Crippen LogP contribution in [-0.4, -0.2) is 97.2 Å². The highest BCUT2D eigenvalue weighted by molar-refractivity contribution is 5.99. The van der Waals surface area contributed by atoms with Crippen LogP contribution in [0.1, 0.15) is 83.0 Å². The summed E-state index contributed by atoms with van der Waals surface area (Å²) in [5, 5.41) is 13.1. The van der Waals surface area contributed by atoms with E-state index in [1.807, 2.05) is 57.2 Å². The molecule has 3 N–H and O–H groups in total. The number of likely N-dealkylation sites (tertiary alicyclic amines) is 1. The molecule has 10 heteroatoms. The molecule has 1 heterocycles. The number of amidine groups is 1. The van der Waals surface area contributed by atoms with Crippen LogP contribution in [0, 0.1) is 17.2 Å². The lowest BCUT2D eigenvalue weighted by Crippen LogP contribution is -2.50. The summed E-state index contributed by atoms with van der Waals surface area (Å²) in [6.07, 6.45) is 3.53. The van der Waals surface area contributed by atoms with Gasteiger partial charge in [0, 0.05) is 57.4 Å². The molecule has 2 fully saturated rings. The number of piperidine rings is 1. The van der Waals surface area contributed by atoms with Gasteiger partial charge in [0.15, 0.2) is 0 Å². The van der Waals surface area contributed by atoms with Crippen molar-refractivity contribution in [1.29, 1.82) is 5.26 Å². The molecule has 3 aliphatic rings. The predicted molar refractivity (Wildman–Crippen MR) is 179 cm³/mol. The van der Waals surface area contributed by atoms with Crippen LogP contribution in [0.4, 0.5) is 0 Å². The van der Waals surface area contributed by atoms with Crippen LogP contribution in [0.15, 0.2) is 41.4 Å². The average molecular weight is 626 g/mol. The van der Waals surface area contributed by atoms with Crippen LogP contribution in [0.2, 0.25) is 0 Å². The average Bonchev–Trinajstić information content (AvgIpc) is 3.71. The Hall–Kier alpha value is -4.23. The second-order valence-corrected chi connectivity index (χ2v) is 13.9. The molecule has 10 nitrogen and oxygen atoms in total. The van der Waals surface area contributed by atoms with Gasteiger partial charge in [0.25, 0.3) is 11.8 Å². The Morgan fingerprint density at radius 3 is 2.00 bits per heavy atom. The Bertz CT molecular complexity index is 1530. The van der Waals surface area contributed by atoms with Gasteiger partial charge in [-0.2, -0.15) is 5.26 Å². The molecule has 244 valence electrons. The maximum atomic E-state index is 13.4. The summed E-state index contributed by atoms with van der Waals surface area (Å²) < 4.78 is 0. The van der Waals surface area contributed by atoms with E-state index in [1.165, 1.54) is 0 Å². The SMILES string of the molecule is CC(C)N=C(N)C1(C[C@H](C)NCC(=O)N2C(C#N)C[C@@H]3C[C@@H]32)c2ccc(C(=O)N(C)C)cc2CCc2cc(C(=O)N(C)C)ccc21. The third kappa shape index (κ3) is 6.13. The quantitative estimate of drug-likeness (QED) is 0.325. The molecule has 3 amide bonds. The number of rotatable bonds is 9. The van der Waals surface area contributed by atoms with Crippen molar-refractivity contribution >= 4 is 23.6 Å². The van der Waals surface area contributed by atoms with Gasteiger partial charge in [-0.3, -0.25) is 19.4 Å². The van der Waals surface area contributed by atoms with Crippen LogP contribution in [0.5, 0.6) is 0 Å². The van der Waals surface area contributed by atoms with Crippen LogP contribution < -0.4 is 11.1 Å². The van der Waals surface area contributed by atoms with Gasteiger partial charge in [0.2, 0.25) is 5.91 Å². The van der Waals surface area contributed by atoms with E-state index in [2.05, 4.69) is 11.4 Å². The monoisotopic (exact) mass is 625 g/mol. The van der Waals surface area contributed by atoms with Gasteiger partial charge in [-0.15, -0.1) is 0 Å². The zero-order valence-electron chi connectivity index (χ0n) is 28.1. The summed E-state index contributed by atoms with van der Waals surface area (Å²) >= 11 is 0. The summed E-state index contributed by atoms with van der Waals surface area (Å²) in [5.41, 5.74) is 11.3. The summed E-state index contributed by atoms with van der Waals surface area (Å²) in [7, 11) is 6.96. The first-order valence-corrected chi connectivity index (χ1v) is 16.3. The fraction of sp³-hybridized carbons (Fsp3) is 0.528. The third-order valence-electron chi connectivity index (χ3n) is 9.69. The maximum absolute atomic E-state index is 13.4. The summed E-state index contributed by atoms with van der Waals surface area (Å²) in [4.78, 5) is 49.3. The number of nitrogens with two attached hydrogens (primary N) is 1. The minimum Gasteiger partial charge on any atom is -0.386 e. The van der Waals surface area contributed by atoms with Crippen LogP contribution in [-0.2, 0) is 23.1 Å². The normalized spacial score (nSPS) is 21.8. The van der Waals surface area contributed by atoms with Crippen molar-refractivity contribution in [2.75, 3.05) is 34.7 Å². The largest absolute Gasteiger partial charge is 0.386 e. The number of hydrogen-bond donors (Lipinski definition) is 2. The summed E-state index contributed by atoms with van der Waals surface area (Å²) in [6.45, 7) is 6.14. The van der Waals surface area contributed by atoms with E-state index < -0.39 is 5.41 Å². The second-order valence-electron chi connectivity index (χ2n) is 13.9. The molecule has 1 unspecified atom stereocenters. The number of carbonyl (C=O) groups is 3. The van der Waals surface area contributed by atoms with Crippen LogP contribution >= 0.6 is 0 Å². The molecule has 46 heavy (non-hydrogen) atoms. The third-order valence-corrected chi connectivity index (χ3v) is 9.69. The lowest BCUT2D eigenvalue weighted by molar-refractivity contribution is -0.131. The predicted octanol–water partition coefficient (Wildman–Crippen LogP) is 3.12. The molecule has 5 rings (SSSR count). The maximum Gasteiger partial charge on any atom is 0.253 e. The van der Waals surface area contributed by atoms with Gasteiger partial charge < -0.3 is 25.8 Å². The molecular formula is C36H47N7O3. The molecule has 1 saturated heterocycles. The second kappa shape index (κ2) is 12.9. The number of fused-ring (bicyclic) bond motifs is 3. The van der Waals surface area contributed by atoms with Gasteiger partial charge in [0.1, 0.15) is 11.9 Å². The van der Waals surface area contributed by atoms with Crippen molar-refractivity contribution < 1.29 is 14.4 Å². The zero-order chi connectivity index (χ0) is 33.5. The molecule has 0 aromatic heterocycles. The van der Waals surface area contributed by atoms with Crippen molar-refractivity contribution in [3.8, 4) is 6.07 Å². The van der Waals surface area contributed by atoms with E-state index >= 15 is 0 Å². The van der Waals surface area contributed by atoms with Crippen molar-refractivity contribution in [3.63, 3.8) is 0 Å². The minimum absolute atomic E-state index is 0.0541. The standard InChI is InChI=1S/C36H47N7O3/c1-21(2)40-35(38)36(18-22(3)39-20-32(44)43-28(19-37)16-27-17-31(27)43)29-12-10-25(33(45)41(4)5)14-23(29)8-9-24-15-26(11-13-30(24)36)34(46)42(6)7/h10-15,21-22,27-28,31,39H,8-9,16-18,20H2,1-7H3,(H2,38,40)/t22-,27+,28?,31-/m0/s1. The fourth-order valence-electron chi connectivity index (χ4n) is 7.43. The first kappa shape index (κ1) is 33.1. The number of nitrogens with zero attached hydrogens (tertiary/aromatic N) is 5. The summed E-state index contributed by atoms with van der Waals surface area (Å²) in [6, 6.07) is 13.5. The first-order valence-electron chi connectivity index (χ1n) is 16.3. The van der Waals surface area contributed by atoms with Crippen molar-refractivity contribution in [2.24, 2.45) is 16.6 Å². The molecule has 2 aromatic carbocycles. The van der Waals surface area contributed by atoms with E-state index in [1.54, 1.807) is 42.9 Å². The Labute approximate surface area is 272 Å². The van der Waals surface area contributed by atoms with Gasteiger partial charge in [-0.1, -0.05) is 12.1 Å². The van der Waals surface area contributed by atoms with E-state index in [-0.39, 0.29) is 48.4 Å². The molecular weight excluding hydrogens is 578 g/mol. The van der Waals surface area contributed by atoms with Crippen molar-refractivity contribution in [1.82, 2.24) is 20.0 Å². The molecule has 2 aromatic rings.